The summed E-state index contributed by atoms with van der Waals surface area (Å²) in [6, 6.07) is 12.1. The normalized spacial score (nSPS) is 10.6. The van der Waals surface area contributed by atoms with Crippen molar-refractivity contribution >= 4 is 22.9 Å². The van der Waals surface area contributed by atoms with Gasteiger partial charge >= 0.3 is 0 Å². The van der Waals surface area contributed by atoms with Gasteiger partial charge in [0.15, 0.2) is 0 Å². The molecule has 0 atom stereocenters. The lowest BCUT2D eigenvalue weighted by atomic mass is 10.00. The molecule has 1 aromatic heterocycles. The van der Waals surface area contributed by atoms with Crippen LogP contribution < -0.4 is 0 Å². The second kappa shape index (κ2) is 5.11. The van der Waals surface area contributed by atoms with Gasteiger partial charge < -0.3 is 0 Å². The lowest BCUT2D eigenvalue weighted by Gasteiger charge is -2.08. The van der Waals surface area contributed by atoms with Gasteiger partial charge in [0.1, 0.15) is 10.8 Å². The van der Waals surface area contributed by atoms with Crippen LogP contribution in [-0.4, -0.2) is 4.98 Å². The number of benzene rings is 2. The van der Waals surface area contributed by atoms with Crippen molar-refractivity contribution in [2.24, 2.45) is 0 Å². The monoisotopic (exact) mass is 289 g/mol. The van der Waals surface area contributed by atoms with Gasteiger partial charge in [0.05, 0.1) is 0 Å². The van der Waals surface area contributed by atoms with E-state index in [1.54, 1.807) is 24.4 Å². The summed E-state index contributed by atoms with van der Waals surface area (Å²) in [5.74, 6) is -0.259. The Labute approximate surface area is 119 Å². The molecule has 0 spiro atoms. The fraction of sp³-hybridized carbons (Fsp3) is 0. The van der Waals surface area contributed by atoms with Crippen molar-refractivity contribution in [3.63, 3.8) is 0 Å². The van der Waals surface area contributed by atoms with Crippen molar-refractivity contribution in [3.8, 4) is 21.7 Å². The Balaban J connectivity index is 2.19. The summed E-state index contributed by atoms with van der Waals surface area (Å²) in [4.78, 5) is 4.29. The van der Waals surface area contributed by atoms with Crippen LogP contribution in [0.25, 0.3) is 21.7 Å². The van der Waals surface area contributed by atoms with Crippen LogP contribution in [0.1, 0.15) is 0 Å². The zero-order valence-electron chi connectivity index (χ0n) is 9.81. The maximum atomic E-state index is 13.5. The van der Waals surface area contributed by atoms with E-state index in [-0.39, 0.29) is 5.82 Å². The topological polar surface area (TPSA) is 12.9 Å². The van der Waals surface area contributed by atoms with E-state index in [4.69, 9.17) is 11.6 Å². The van der Waals surface area contributed by atoms with E-state index in [0.717, 1.165) is 21.7 Å². The van der Waals surface area contributed by atoms with Gasteiger partial charge in [0.25, 0.3) is 0 Å². The molecule has 0 saturated heterocycles. The van der Waals surface area contributed by atoms with Crippen molar-refractivity contribution in [2.45, 2.75) is 0 Å². The molecule has 4 heteroatoms. The molecule has 1 nitrogen and oxygen atoms in total. The fourth-order valence-electron chi connectivity index (χ4n) is 1.93. The molecule has 0 N–H and O–H groups in total. The van der Waals surface area contributed by atoms with Crippen molar-refractivity contribution in [3.05, 3.63) is 64.9 Å². The summed E-state index contributed by atoms with van der Waals surface area (Å²) < 4.78 is 13.5. The van der Waals surface area contributed by atoms with Crippen molar-refractivity contribution in [2.75, 3.05) is 0 Å². The van der Waals surface area contributed by atoms with Gasteiger partial charge in [-0.3, -0.25) is 0 Å². The van der Waals surface area contributed by atoms with Crippen LogP contribution in [-0.2, 0) is 0 Å². The minimum absolute atomic E-state index is 0.259. The molecule has 19 heavy (non-hydrogen) atoms. The molecule has 2 aromatic carbocycles. The standard InChI is InChI=1S/C15H9ClFNS/c16-11-3-1-10(2-4-11)14-9-12(17)5-6-13(14)15-18-7-8-19-15/h1-9H. The highest BCUT2D eigenvalue weighted by molar-refractivity contribution is 7.13. The highest BCUT2D eigenvalue weighted by Crippen LogP contribution is 2.34. The highest BCUT2D eigenvalue weighted by Gasteiger charge is 2.10. The molecule has 0 aliphatic rings. The number of halogens is 2. The number of rotatable bonds is 2. The Morgan fingerprint density at radius 3 is 2.47 bits per heavy atom. The van der Waals surface area contributed by atoms with E-state index in [0.29, 0.717) is 5.02 Å². The predicted molar refractivity (Wildman–Crippen MR) is 78.0 cm³/mol. The van der Waals surface area contributed by atoms with Gasteiger partial charge in [-0.15, -0.1) is 11.3 Å². The van der Waals surface area contributed by atoms with Crippen LogP contribution in [0.5, 0.6) is 0 Å². The molecule has 0 unspecified atom stereocenters. The molecular weight excluding hydrogens is 281 g/mol. The van der Waals surface area contributed by atoms with Crippen LogP contribution >= 0.6 is 22.9 Å². The number of hydrogen-bond donors (Lipinski definition) is 0. The zero-order valence-corrected chi connectivity index (χ0v) is 11.4. The Kier molecular flexibility index (Phi) is 3.32. The van der Waals surface area contributed by atoms with Crippen molar-refractivity contribution < 1.29 is 4.39 Å². The molecule has 0 fully saturated rings. The molecule has 0 radical (unpaired) electrons. The Hall–Kier alpha value is -1.71. The fourth-order valence-corrected chi connectivity index (χ4v) is 2.73. The number of aromatic nitrogens is 1. The molecular formula is C15H9ClFNS. The second-order valence-corrected chi connectivity index (χ2v) is 5.37. The Morgan fingerprint density at radius 2 is 1.79 bits per heavy atom. The van der Waals surface area contributed by atoms with E-state index < -0.39 is 0 Å². The summed E-state index contributed by atoms with van der Waals surface area (Å²) >= 11 is 7.42. The molecule has 0 aliphatic heterocycles. The molecule has 0 saturated carbocycles. The summed E-state index contributed by atoms with van der Waals surface area (Å²) in [6.45, 7) is 0. The van der Waals surface area contributed by atoms with E-state index >= 15 is 0 Å². The summed E-state index contributed by atoms with van der Waals surface area (Å²) in [6.07, 6.45) is 1.75. The van der Waals surface area contributed by atoms with Crippen molar-refractivity contribution in [1.29, 1.82) is 0 Å². The average molecular weight is 290 g/mol. The lowest BCUT2D eigenvalue weighted by molar-refractivity contribution is 0.628. The summed E-state index contributed by atoms with van der Waals surface area (Å²) in [5, 5.41) is 3.45. The van der Waals surface area contributed by atoms with Crippen LogP contribution in [0, 0.1) is 5.82 Å². The molecule has 3 rings (SSSR count). The van der Waals surface area contributed by atoms with Gasteiger partial charge in [-0.05, 0) is 41.5 Å². The molecule has 0 aliphatic carbocycles. The molecule has 3 aromatic rings. The van der Waals surface area contributed by atoms with E-state index in [9.17, 15) is 4.39 Å². The molecule has 0 bridgehead atoms. The first kappa shape index (κ1) is 12.3. The number of hydrogen-bond acceptors (Lipinski definition) is 2. The average Bonchev–Trinajstić information content (AvgIpc) is 2.93. The smallest absolute Gasteiger partial charge is 0.123 e. The Bertz CT molecular complexity index is 693. The highest BCUT2D eigenvalue weighted by atomic mass is 35.5. The third kappa shape index (κ3) is 2.53. The summed E-state index contributed by atoms with van der Waals surface area (Å²) in [7, 11) is 0. The third-order valence-electron chi connectivity index (χ3n) is 2.80. The zero-order chi connectivity index (χ0) is 13.2. The van der Waals surface area contributed by atoms with Gasteiger partial charge in [-0.1, -0.05) is 23.7 Å². The first-order valence-electron chi connectivity index (χ1n) is 5.69. The van der Waals surface area contributed by atoms with Gasteiger partial charge in [0, 0.05) is 22.2 Å². The van der Waals surface area contributed by atoms with Crippen LogP contribution in [0.3, 0.4) is 0 Å². The van der Waals surface area contributed by atoms with Gasteiger partial charge in [-0.25, -0.2) is 9.37 Å². The van der Waals surface area contributed by atoms with E-state index in [2.05, 4.69) is 4.98 Å². The Morgan fingerprint density at radius 1 is 1.00 bits per heavy atom. The first-order chi connectivity index (χ1) is 9.24. The summed E-state index contributed by atoms with van der Waals surface area (Å²) in [5.41, 5.74) is 2.68. The van der Waals surface area contributed by atoms with E-state index in [1.165, 1.54) is 23.5 Å². The lowest BCUT2D eigenvalue weighted by Crippen LogP contribution is -1.86. The third-order valence-corrected chi connectivity index (χ3v) is 3.86. The van der Waals surface area contributed by atoms with Crippen LogP contribution in [0.4, 0.5) is 4.39 Å². The largest absolute Gasteiger partial charge is 0.245 e. The minimum Gasteiger partial charge on any atom is -0.245 e. The SMILES string of the molecule is Fc1ccc(-c2nccs2)c(-c2ccc(Cl)cc2)c1. The number of nitrogens with zero attached hydrogens (tertiary/aromatic N) is 1. The quantitative estimate of drug-likeness (QED) is 0.626. The number of thiazole rings is 1. The maximum absolute atomic E-state index is 13.5. The van der Waals surface area contributed by atoms with E-state index in [1.807, 2.05) is 17.5 Å². The molecule has 94 valence electrons. The maximum Gasteiger partial charge on any atom is 0.123 e. The molecule has 0 amide bonds. The van der Waals surface area contributed by atoms with Crippen molar-refractivity contribution in [1.82, 2.24) is 4.98 Å². The molecule has 1 heterocycles. The van der Waals surface area contributed by atoms with Gasteiger partial charge in [0.2, 0.25) is 0 Å². The predicted octanol–water partition coefficient (Wildman–Crippen LogP) is 5.27. The second-order valence-electron chi connectivity index (χ2n) is 4.03. The van der Waals surface area contributed by atoms with Crippen LogP contribution in [0.15, 0.2) is 54.0 Å². The van der Waals surface area contributed by atoms with Gasteiger partial charge in [-0.2, -0.15) is 0 Å². The first-order valence-corrected chi connectivity index (χ1v) is 6.95. The minimum atomic E-state index is -0.259. The van der Waals surface area contributed by atoms with Crippen LogP contribution in [0.2, 0.25) is 5.02 Å².